The molecular weight excluding hydrogens is 342 g/mol. The van der Waals surface area contributed by atoms with Gasteiger partial charge in [-0.2, -0.15) is 0 Å². The highest BCUT2D eigenvalue weighted by Gasteiger charge is 2.23. The second kappa shape index (κ2) is 7.15. The third-order valence-electron chi connectivity index (χ3n) is 3.95. The van der Waals surface area contributed by atoms with Crippen molar-refractivity contribution in [1.82, 2.24) is 0 Å². The van der Waals surface area contributed by atoms with Crippen LogP contribution in [0.15, 0.2) is 41.6 Å². The number of benzene rings is 2. The zero-order chi connectivity index (χ0) is 18.0. The van der Waals surface area contributed by atoms with Gasteiger partial charge in [0.05, 0.1) is 18.4 Å². The Morgan fingerprint density at radius 1 is 1.28 bits per heavy atom. The van der Waals surface area contributed by atoms with Crippen molar-refractivity contribution >= 4 is 23.3 Å². The van der Waals surface area contributed by atoms with Gasteiger partial charge in [-0.3, -0.25) is 0 Å². The van der Waals surface area contributed by atoms with Crippen LogP contribution in [0.3, 0.4) is 0 Å². The maximum atomic E-state index is 12.2. The van der Waals surface area contributed by atoms with E-state index in [1.54, 1.807) is 31.4 Å². The minimum atomic E-state index is -0.552. The first-order chi connectivity index (χ1) is 12.0. The van der Waals surface area contributed by atoms with E-state index in [-0.39, 0.29) is 6.10 Å². The van der Waals surface area contributed by atoms with Gasteiger partial charge in [-0.1, -0.05) is 22.8 Å². The minimum absolute atomic E-state index is 0.0779. The second-order valence-electron chi connectivity index (χ2n) is 5.88. The van der Waals surface area contributed by atoms with Gasteiger partial charge >= 0.3 is 5.97 Å². The normalized spacial score (nSPS) is 17.6. The summed E-state index contributed by atoms with van der Waals surface area (Å²) < 4.78 is 11.0. The van der Waals surface area contributed by atoms with Gasteiger partial charge in [-0.05, 0) is 43.7 Å². The molecule has 25 heavy (non-hydrogen) atoms. The number of ether oxygens (including phenoxy) is 2. The summed E-state index contributed by atoms with van der Waals surface area (Å²) in [5, 5.41) is 4.58. The summed E-state index contributed by atoms with van der Waals surface area (Å²) in [7, 11) is 1.59. The molecule has 1 heterocycles. The summed E-state index contributed by atoms with van der Waals surface area (Å²) in [4.78, 5) is 17.3. The molecule has 0 N–H and O–H groups in total. The molecule has 0 aliphatic carbocycles. The quantitative estimate of drug-likeness (QED) is 0.602. The van der Waals surface area contributed by atoms with Gasteiger partial charge in [-0.15, -0.1) is 0 Å². The molecule has 5 nitrogen and oxygen atoms in total. The highest BCUT2D eigenvalue weighted by Crippen LogP contribution is 2.31. The maximum absolute atomic E-state index is 12.2. The number of rotatable bonds is 3. The topological polar surface area (TPSA) is 57.1 Å². The predicted octanol–water partition coefficient (Wildman–Crippen LogP) is 4.39. The van der Waals surface area contributed by atoms with Crippen molar-refractivity contribution in [3.63, 3.8) is 0 Å². The molecule has 0 radical (unpaired) electrons. The van der Waals surface area contributed by atoms with Crippen LogP contribution in [0.25, 0.3) is 0 Å². The van der Waals surface area contributed by atoms with Gasteiger partial charge in [0.2, 0.25) is 0 Å². The van der Waals surface area contributed by atoms with Gasteiger partial charge in [0.1, 0.15) is 17.6 Å². The largest absolute Gasteiger partial charge is 0.497 e. The Bertz CT molecular complexity index is 847. The molecule has 2 aromatic rings. The monoisotopic (exact) mass is 359 g/mol. The van der Waals surface area contributed by atoms with Crippen molar-refractivity contribution in [3.8, 4) is 11.5 Å². The Kier molecular flexibility index (Phi) is 4.95. The number of halogens is 1. The van der Waals surface area contributed by atoms with Gasteiger partial charge < -0.3 is 14.3 Å². The van der Waals surface area contributed by atoms with Crippen molar-refractivity contribution in [1.29, 1.82) is 0 Å². The number of hydrogen-bond donors (Lipinski definition) is 0. The van der Waals surface area contributed by atoms with Crippen LogP contribution >= 0.6 is 11.6 Å². The predicted molar refractivity (Wildman–Crippen MR) is 95.8 cm³/mol. The Labute approximate surface area is 151 Å². The molecule has 0 saturated heterocycles. The lowest BCUT2D eigenvalue weighted by molar-refractivity contribution is 0.0513. The number of carbonyl (C=O) groups is 1. The average Bonchev–Trinajstić information content (AvgIpc) is 2.60. The molecular formula is C19H18ClNO4. The van der Waals surface area contributed by atoms with Crippen molar-refractivity contribution in [2.45, 2.75) is 26.4 Å². The number of oxime groups is 1. The first kappa shape index (κ1) is 17.3. The first-order valence-electron chi connectivity index (χ1n) is 7.87. The van der Waals surface area contributed by atoms with E-state index in [1.165, 1.54) is 0 Å². The number of nitrogens with zero attached hydrogens (tertiary/aromatic N) is 1. The second-order valence-corrected chi connectivity index (χ2v) is 6.28. The fourth-order valence-electron chi connectivity index (χ4n) is 2.56. The van der Waals surface area contributed by atoms with E-state index in [1.807, 2.05) is 26.0 Å². The van der Waals surface area contributed by atoms with Crippen molar-refractivity contribution in [2.75, 3.05) is 7.11 Å². The molecule has 0 unspecified atom stereocenters. The van der Waals surface area contributed by atoms with Crippen molar-refractivity contribution in [2.24, 2.45) is 5.16 Å². The van der Waals surface area contributed by atoms with Crippen molar-refractivity contribution < 1.29 is 19.1 Å². The fourth-order valence-corrected chi connectivity index (χ4v) is 2.74. The van der Waals surface area contributed by atoms with Crippen LogP contribution in [-0.2, 0) is 4.84 Å². The van der Waals surface area contributed by atoms with Gasteiger partial charge in [-0.25, -0.2) is 4.79 Å². The van der Waals surface area contributed by atoms with Crippen LogP contribution in [0.4, 0.5) is 0 Å². The Balaban J connectivity index is 1.84. The molecule has 0 fully saturated rings. The lowest BCUT2D eigenvalue weighted by Crippen LogP contribution is -2.25. The van der Waals surface area contributed by atoms with Gasteiger partial charge in [0.15, 0.2) is 0 Å². The Hall–Kier alpha value is -2.53. The van der Waals surface area contributed by atoms with Crippen LogP contribution in [-0.4, -0.2) is 24.9 Å². The number of carbonyl (C=O) groups excluding carboxylic acids is 1. The van der Waals surface area contributed by atoms with E-state index in [0.29, 0.717) is 34.2 Å². The summed E-state index contributed by atoms with van der Waals surface area (Å²) in [5.41, 5.74) is 2.69. The first-order valence-corrected chi connectivity index (χ1v) is 8.25. The molecule has 3 rings (SSSR count). The number of fused-ring (bicyclic) bond motifs is 1. The summed E-state index contributed by atoms with van der Waals surface area (Å²) in [6.45, 7) is 3.80. The van der Waals surface area contributed by atoms with Crippen LogP contribution < -0.4 is 9.47 Å². The third-order valence-corrected chi connectivity index (χ3v) is 4.36. The van der Waals surface area contributed by atoms with Gasteiger partial charge in [0.25, 0.3) is 0 Å². The molecule has 0 amide bonds. The summed E-state index contributed by atoms with van der Waals surface area (Å²) in [6.07, 6.45) is 0.465. The number of methoxy groups -OCH3 is 1. The highest BCUT2D eigenvalue weighted by molar-refractivity contribution is 6.31. The lowest BCUT2D eigenvalue weighted by Gasteiger charge is -2.24. The van der Waals surface area contributed by atoms with Crippen LogP contribution in [0.5, 0.6) is 11.5 Å². The van der Waals surface area contributed by atoms with Crippen molar-refractivity contribution in [3.05, 3.63) is 58.1 Å². The molecule has 6 heteroatoms. The van der Waals surface area contributed by atoms with E-state index < -0.39 is 5.97 Å². The number of hydrogen-bond acceptors (Lipinski definition) is 5. The molecule has 0 saturated carbocycles. The van der Waals surface area contributed by atoms with Crippen LogP contribution in [0.2, 0.25) is 5.02 Å². The average molecular weight is 360 g/mol. The van der Waals surface area contributed by atoms with Gasteiger partial charge in [0, 0.05) is 23.1 Å². The van der Waals surface area contributed by atoms with E-state index in [9.17, 15) is 4.79 Å². The van der Waals surface area contributed by atoms with E-state index in [4.69, 9.17) is 25.9 Å². The Morgan fingerprint density at radius 3 is 2.80 bits per heavy atom. The zero-order valence-electron chi connectivity index (χ0n) is 14.2. The Morgan fingerprint density at radius 2 is 2.08 bits per heavy atom. The number of aryl methyl sites for hydroxylation is 1. The molecule has 1 aliphatic rings. The fraction of sp³-hybridized carbons (Fsp3) is 0.263. The summed E-state index contributed by atoms with van der Waals surface area (Å²) in [5.74, 6) is 0.799. The van der Waals surface area contributed by atoms with E-state index in [2.05, 4.69) is 5.16 Å². The molecule has 0 aromatic heterocycles. The lowest BCUT2D eigenvalue weighted by atomic mass is 10.0. The standard InChI is InChI=1S/C19H18ClNO4/c1-11-4-5-13(9-16(11)20)19(22)25-21-17-8-12(2)24-18-10-14(23-3)6-7-15(17)18/h4-7,9-10,12H,8H2,1-3H3/b21-17+/t12-/m0/s1. The van der Waals surface area contributed by atoms with E-state index >= 15 is 0 Å². The minimum Gasteiger partial charge on any atom is -0.497 e. The molecule has 1 atom stereocenters. The zero-order valence-corrected chi connectivity index (χ0v) is 15.0. The maximum Gasteiger partial charge on any atom is 0.365 e. The summed E-state index contributed by atoms with van der Waals surface area (Å²) >= 11 is 6.05. The molecule has 0 spiro atoms. The SMILES string of the molecule is COc1ccc2c(c1)O[C@@H](C)C/C2=N\OC(=O)c1ccc(C)c(Cl)c1. The van der Waals surface area contributed by atoms with Crippen LogP contribution in [0.1, 0.15) is 34.8 Å². The highest BCUT2D eigenvalue weighted by atomic mass is 35.5. The molecule has 130 valence electrons. The third kappa shape index (κ3) is 3.77. The molecule has 2 aromatic carbocycles. The van der Waals surface area contributed by atoms with E-state index in [0.717, 1.165) is 11.1 Å². The summed E-state index contributed by atoms with van der Waals surface area (Å²) in [6, 6.07) is 10.5. The van der Waals surface area contributed by atoms with Crippen LogP contribution in [0, 0.1) is 6.92 Å². The molecule has 1 aliphatic heterocycles. The smallest absolute Gasteiger partial charge is 0.365 e. The molecule has 0 bridgehead atoms.